The first-order chi connectivity index (χ1) is 15.5. The van der Waals surface area contributed by atoms with E-state index in [0.717, 1.165) is 37.2 Å². The Labute approximate surface area is 190 Å². The van der Waals surface area contributed by atoms with Gasteiger partial charge < -0.3 is 20.7 Å². The van der Waals surface area contributed by atoms with Crippen LogP contribution in [-0.2, 0) is 0 Å². The van der Waals surface area contributed by atoms with Gasteiger partial charge in [-0.25, -0.2) is 4.79 Å². The van der Waals surface area contributed by atoms with Crippen molar-refractivity contribution in [2.75, 3.05) is 38.6 Å². The number of methoxy groups -OCH3 is 1. The molecule has 1 aliphatic rings. The molecule has 32 heavy (non-hydrogen) atoms. The van der Waals surface area contributed by atoms with Crippen LogP contribution in [0.1, 0.15) is 48.7 Å². The first-order valence-corrected chi connectivity index (χ1v) is 11.3. The second-order valence-electron chi connectivity index (χ2n) is 8.52. The highest BCUT2D eigenvalue weighted by atomic mass is 16.5. The lowest BCUT2D eigenvalue weighted by Crippen LogP contribution is -2.38. The summed E-state index contributed by atoms with van der Waals surface area (Å²) in [4.78, 5) is 27.1. The molecule has 2 aromatic carbocycles. The molecule has 3 rings (SSSR count). The Morgan fingerprint density at radius 1 is 0.969 bits per heavy atom. The lowest BCUT2D eigenvalue weighted by molar-refractivity contribution is 0.0949. The van der Waals surface area contributed by atoms with Crippen LogP contribution in [0.4, 0.5) is 10.5 Å². The van der Waals surface area contributed by atoms with Crippen LogP contribution >= 0.6 is 0 Å². The topological polar surface area (TPSA) is 82.7 Å². The van der Waals surface area contributed by atoms with Crippen LogP contribution in [0.25, 0.3) is 0 Å². The molecule has 172 valence electrons. The maximum Gasteiger partial charge on any atom is 0.319 e. The van der Waals surface area contributed by atoms with E-state index in [1.54, 1.807) is 31.4 Å². The van der Waals surface area contributed by atoms with E-state index in [4.69, 9.17) is 4.74 Å². The molecule has 1 aliphatic heterocycles. The number of ether oxygens (including phenoxy) is 1. The summed E-state index contributed by atoms with van der Waals surface area (Å²) in [6.07, 6.45) is 2.32. The lowest BCUT2D eigenvalue weighted by atomic mass is 10.0. The molecule has 7 nitrogen and oxygen atoms in total. The molecule has 0 bridgehead atoms. The zero-order valence-corrected chi connectivity index (χ0v) is 19.2. The van der Waals surface area contributed by atoms with Gasteiger partial charge in [0.25, 0.3) is 5.91 Å². The summed E-state index contributed by atoms with van der Waals surface area (Å²) >= 11 is 0. The van der Waals surface area contributed by atoms with Crippen molar-refractivity contribution in [1.82, 2.24) is 15.5 Å². The number of nitrogens with one attached hydrogen (secondary N) is 3. The van der Waals surface area contributed by atoms with Crippen molar-refractivity contribution in [3.8, 4) is 5.75 Å². The van der Waals surface area contributed by atoms with Gasteiger partial charge in [-0.15, -0.1) is 0 Å². The first kappa shape index (κ1) is 23.6. The van der Waals surface area contributed by atoms with Gasteiger partial charge in [0.1, 0.15) is 5.75 Å². The second-order valence-corrected chi connectivity index (χ2v) is 8.52. The average molecular weight is 439 g/mol. The maximum absolute atomic E-state index is 12.6. The molecule has 1 fully saturated rings. The molecule has 0 aromatic heterocycles. The predicted molar refractivity (Wildman–Crippen MR) is 127 cm³/mol. The van der Waals surface area contributed by atoms with Gasteiger partial charge in [0.2, 0.25) is 0 Å². The minimum Gasteiger partial charge on any atom is -0.496 e. The molecule has 1 unspecified atom stereocenters. The van der Waals surface area contributed by atoms with Crippen LogP contribution in [0.3, 0.4) is 0 Å². The number of para-hydroxylation sites is 1. The number of nitrogens with zero attached hydrogens (tertiary/aromatic N) is 1. The number of rotatable bonds is 9. The summed E-state index contributed by atoms with van der Waals surface area (Å²) in [5.74, 6) is 1.11. The molecule has 1 saturated heterocycles. The molecule has 2 aromatic rings. The van der Waals surface area contributed by atoms with Crippen LogP contribution in [0.5, 0.6) is 5.75 Å². The van der Waals surface area contributed by atoms with E-state index in [1.165, 1.54) is 0 Å². The summed E-state index contributed by atoms with van der Waals surface area (Å²) in [6, 6.07) is 14.6. The van der Waals surface area contributed by atoms with E-state index in [2.05, 4.69) is 26.9 Å². The fourth-order valence-electron chi connectivity index (χ4n) is 3.90. The Morgan fingerprint density at radius 2 is 1.66 bits per heavy atom. The molecule has 0 saturated carbocycles. The lowest BCUT2D eigenvalue weighted by Gasteiger charge is -2.29. The number of carbonyl (C=O) groups is 2. The second kappa shape index (κ2) is 11.5. The molecule has 1 atom stereocenters. The van der Waals surface area contributed by atoms with Crippen LogP contribution in [-0.4, -0.2) is 50.1 Å². The van der Waals surface area contributed by atoms with Crippen LogP contribution in [0, 0.1) is 5.92 Å². The smallest absolute Gasteiger partial charge is 0.319 e. The van der Waals surface area contributed by atoms with Gasteiger partial charge >= 0.3 is 6.03 Å². The number of urea groups is 1. The van der Waals surface area contributed by atoms with Crippen molar-refractivity contribution in [3.05, 3.63) is 59.7 Å². The van der Waals surface area contributed by atoms with Crippen LogP contribution in [0.2, 0.25) is 0 Å². The molecule has 7 heteroatoms. The third kappa shape index (κ3) is 6.47. The van der Waals surface area contributed by atoms with E-state index >= 15 is 0 Å². The van der Waals surface area contributed by atoms with Crippen molar-refractivity contribution in [1.29, 1.82) is 0 Å². The number of benzene rings is 2. The number of anilines is 1. The maximum atomic E-state index is 12.6. The Kier molecular flexibility index (Phi) is 8.50. The molecular weight excluding hydrogens is 404 g/mol. The van der Waals surface area contributed by atoms with Crippen LogP contribution in [0.15, 0.2) is 48.5 Å². The minimum atomic E-state index is -0.277. The van der Waals surface area contributed by atoms with Gasteiger partial charge in [-0.2, -0.15) is 0 Å². The highest BCUT2D eigenvalue weighted by Crippen LogP contribution is 2.31. The third-order valence-corrected chi connectivity index (χ3v) is 5.61. The largest absolute Gasteiger partial charge is 0.496 e. The number of hydrogen-bond acceptors (Lipinski definition) is 4. The Bertz CT molecular complexity index is 892. The van der Waals surface area contributed by atoms with E-state index < -0.39 is 0 Å². The van der Waals surface area contributed by atoms with Gasteiger partial charge in [0.05, 0.1) is 13.2 Å². The SMILES string of the molecule is COc1ccccc1C(CNC(=O)Nc1ccc(C(=O)NCC(C)C)cc1)N1CCCC1. The molecule has 3 amide bonds. The van der Waals surface area contributed by atoms with Crippen molar-refractivity contribution in [2.45, 2.75) is 32.7 Å². The summed E-state index contributed by atoms with van der Waals surface area (Å²) in [7, 11) is 1.67. The highest BCUT2D eigenvalue weighted by Gasteiger charge is 2.26. The normalized spacial score (nSPS) is 14.8. The van der Waals surface area contributed by atoms with Gasteiger partial charge in [0, 0.05) is 29.9 Å². The van der Waals surface area contributed by atoms with Crippen molar-refractivity contribution in [3.63, 3.8) is 0 Å². The monoisotopic (exact) mass is 438 g/mol. The fraction of sp³-hybridized carbons (Fsp3) is 0.440. The molecule has 0 aliphatic carbocycles. The van der Waals surface area contributed by atoms with Gasteiger partial charge in [-0.3, -0.25) is 9.69 Å². The van der Waals surface area contributed by atoms with Gasteiger partial charge in [-0.05, 0) is 62.2 Å². The fourth-order valence-corrected chi connectivity index (χ4v) is 3.90. The van der Waals surface area contributed by atoms with E-state index in [1.807, 2.05) is 32.0 Å². The highest BCUT2D eigenvalue weighted by molar-refractivity contribution is 5.95. The van der Waals surface area contributed by atoms with Gasteiger partial charge in [-0.1, -0.05) is 32.0 Å². The summed E-state index contributed by atoms with van der Waals surface area (Å²) < 4.78 is 5.56. The summed E-state index contributed by atoms with van der Waals surface area (Å²) in [5.41, 5.74) is 2.29. The zero-order valence-electron chi connectivity index (χ0n) is 19.2. The molecule has 0 spiro atoms. The molecule has 3 N–H and O–H groups in total. The quantitative estimate of drug-likeness (QED) is 0.552. The molecule has 0 radical (unpaired) electrons. The molecular formula is C25H34N4O3. The Hall–Kier alpha value is -3.06. The average Bonchev–Trinajstić information content (AvgIpc) is 3.33. The van der Waals surface area contributed by atoms with Crippen molar-refractivity contribution < 1.29 is 14.3 Å². The van der Waals surface area contributed by atoms with E-state index in [0.29, 0.717) is 30.3 Å². The summed E-state index contributed by atoms with van der Waals surface area (Å²) in [6.45, 7) is 7.22. The van der Waals surface area contributed by atoms with Crippen molar-refractivity contribution in [2.24, 2.45) is 5.92 Å². The number of likely N-dealkylation sites (tertiary alicyclic amines) is 1. The van der Waals surface area contributed by atoms with Crippen molar-refractivity contribution >= 4 is 17.6 Å². The number of amides is 3. The first-order valence-electron chi connectivity index (χ1n) is 11.3. The Balaban J connectivity index is 1.59. The zero-order chi connectivity index (χ0) is 22.9. The van der Waals surface area contributed by atoms with E-state index in [9.17, 15) is 9.59 Å². The predicted octanol–water partition coefficient (Wildman–Crippen LogP) is 4.04. The van der Waals surface area contributed by atoms with E-state index in [-0.39, 0.29) is 18.0 Å². The molecule has 1 heterocycles. The Morgan fingerprint density at radius 3 is 2.31 bits per heavy atom. The third-order valence-electron chi connectivity index (χ3n) is 5.61. The minimum absolute atomic E-state index is 0.0476. The number of carbonyl (C=O) groups excluding carboxylic acids is 2. The summed E-state index contributed by atoms with van der Waals surface area (Å²) in [5, 5.41) is 8.74. The van der Waals surface area contributed by atoms with Crippen LogP contribution < -0.4 is 20.7 Å². The standard InChI is InChI=1S/C25H34N4O3/c1-18(2)16-26-24(30)19-10-12-20(13-11-19)28-25(31)27-17-22(29-14-6-7-15-29)21-8-4-5-9-23(21)32-3/h4-5,8-13,18,22H,6-7,14-17H2,1-3H3,(H,26,30)(H2,27,28,31). The number of hydrogen-bond donors (Lipinski definition) is 3. The van der Waals surface area contributed by atoms with Gasteiger partial charge in [0.15, 0.2) is 0 Å².